The van der Waals surface area contributed by atoms with E-state index in [0.29, 0.717) is 6.54 Å². The molecule has 0 unspecified atom stereocenters. The van der Waals surface area contributed by atoms with Gasteiger partial charge in [0.1, 0.15) is 6.04 Å². The summed E-state index contributed by atoms with van der Waals surface area (Å²) in [7, 11) is 1.60. The van der Waals surface area contributed by atoms with Gasteiger partial charge in [-0.3, -0.25) is 4.79 Å². The quantitative estimate of drug-likeness (QED) is 0.580. The Morgan fingerprint density at radius 2 is 2.36 bits per heavy atom. The zero-order chi connectivity index (χ0) is 8.43. The second kappa shape index (κ2) is 3.19. The number of nitrogens with one attached hydrogen (secondary N) is 1. The Balaban J connectivity index is 2.55. The number of hydrogen-bond acceptors (Lipinski definition) is 3. The van der Waals surface area contributed by atoms with Crippen molar-refractivity contribution in [1.82, 2.24) is 5.32 Å². The highest BCUT2D eigenvalue weighted by Crippen LogP contribution is 2.17. The second-order valence-electron chi connectivity index (χ2n) is 2.86. The molecule has 1 aliphatic rings. The van der Waals surface area contributed by atoms with Gasteiger partial charge in [-0.05, 0) is 0 Å². The van der Waals surface area contributed by atoms with E-state index in [1.165, 1.54) is 0 Å². The van der Waals surface area contributed by atoms with Crippen LogP contribution in [0.15, 0.2) is 0 Å². The van der Waals surface area contributed by atoms with Gasteiger partial charge in [0.2, 0.25) is 0 Å². The predicted octanol–water partition coefficient (Wildman–Crippen LogP) is -0.306. The summed E-state index contributed by atoms with van der Waals surface area (Å²) in [6.45, 7) is 2.52. The van der Waals surface area contributed by atoms with Crippen LogP contribution >= 0.6 is 0 Å². The van der Waals surface area contributed by atoms with Gasteiger partial charge in [-0.2, -0.15) is 0 Å². The molecule has 0 radical (unpaired) electrons. The number of carbonyl (C=O) groups is 1. The van der Waals surface area contributed by atoms with Crippen LogP contribution < -0.4 is 5.32 Å². The van der Waals surface area contributed by atoms with E-state index < -0.39 is 12.0 Å². The van der Waals surface area contributed by atoms with Crippen LogP contribution in [0.2, 0.25) is 0 Å². The summed E-state index contributed by atoms with van der Waals surface area (Å²) in [4.78, 5) is 10.6. The summed E-state index contributed by atoms with van der Waals surface area (Å²) in [5, 5.41) is 11.6. The third-order valence-corrected chi connectivity index (χ3v) is 2.22. The van der Waals surface area contributed by atoms with E-state index in [9.17, 15) is 4.79 Å². The summed E-state index contributed by atoms with van der Waals surface area (Å²) >= 11 is 0. The maximum atomic E-state index is 10.6. The molecule has 0 bridgehead atoms. The smallest absolute Gasteiger partial charge is 0.321 e. The predicted molar refractivity (Wildman–Crippen MR) is 39.4 cm³/mol. The second-order valence-corrected chi connectivity index (χ2v) is 2.86. The number of methoxy groups -OCH3 is 1. The van der Waals surface area contributed by atoms with E-state index in [0.717, 1.165) is 0 Å². The molecule has 0 saturated carbocycles. The van der Waals surface area contributed by atoms with Crippen LogP contribution in [0.4, 0.5) is 0 Å². The lowest BCUT2D eigenvalue weighted by atomic mass is 10.0. The fourth-order valence-electron chi connectivity index (χ4n) is 1.44. The highest BCUT2D eigenvalue weighted by molar-refractivity contribution is 5.74. The standard InChI is InChI=1S/C7H13NO3/c1-4-5(11-2)3-8-6(4)7(9)10/h4-6,8H,3H2,1-2H3,(H,9,10)/t4-,5+,6-/m0/s1. The monoisotopic (exact) mass is 159 g/mol. The van der Waals surface area contributed by atoms with Crippen LogP contribution in [-0.2, 0) is 9.53 Å². The zero-order valence-electron chi connectivity index (χ0n) is 6.70. The van der Waals surface area contributed by atoms with Gasteiger partial charge in [0.15, 0.2) is 0 Å². The number of aliphatic carboxylic acids is 1. The molecule has 1 heterocycles. The average Bonchev–Trinajstić information content (AvgIpc) is 2.30. The third kappa shape index (κ3) is 1.52. The van der Waals surface area contributed by atoms with Crippen molar-refractivity contribution in [1.29, 1.82) is 0 Å². The van der Waals surface area contributed by atoms with Gasteiger partial charge >= 0.3 is 5.97 Å². The Labute approximate surface area is 65.5 Å². The average molecular weight is 159 g/mol. The number of carboxylic acids is 1. The molecule has 0 aromatic heterocycles. The molecule has 64 valence electrons. The van der Waals surface area contributed by atoms with Crippen LogP contribution in [0.1, 0.15) is 6.92 Å². The van der Waals surface area contributed by atoms with E-state index >= 15 is 0 Å². The summed E-state index contributed by atoms with van der Waals surface area (Å²) < 4.78 is 5.08. The first-order valence-electron chi connectivity index (χ1n) is 3.65. The highest BCUT2D eigenvalue weighted by Gasteiger charge is 2.36. The minimum Gasteiger partial charge on any atom is -0.480 e. The number of ether oxygens (including phenoxy) is 1. The Bertz CT molecular complexity index is 160. The fourth-order valence-corrected chi connectivity index (χ4v) is 1.44. The molecule has 0 aromatic carbocycles. The van der Waals surface area contributed by atoms with E-state index in [-0.39, 0.29) is 12.0 Å². The van der Waals surface area contributed by atoms with Crippen molar-refractivity contribution < 1.29 is 14.6 Å². The lowest BCUT2D eigenvalue weighted by molar-refractivity contribution is -0.140. The maximum Gasteiger partial charge on any atom is 0.321 e. The summed E-state index contributed by atoms with van der Waals surface area (Å²) in [6.07, 6.45) is 0.0381. The van der Waals surface area contributed by atoms with Crippen molar-refractivity contribution in [3.8, 4) is 0 Å². The Kier molecular flexibility index (Phi) is 2.46. The normalized spacial score (nSPS) is 37.5. The molecule has 1 aliphatic heterocycles. The molecule has 4 heteroatoms. The first-order valence-corrected chi connectivity index (χ1v) is 3.65. The Morgan fingerprint density at radius 3 is 2.64 bits per heavy atom. The van der Waals surface area contributed by atoms with Gasteiger partial charge in [0.05, 0.1) is 6.10 Å². The Hall–Kier alpha value is -0.610. The molecule has 0 aliphatic carbocycles. The lowest BCUT2D eigenvalue weighted by Crippen LogP contribution is -2.34. The summed E-state index contributed by atoms with van der Waals surface area (Å²) in [5.74, 6) is -0.741. The van der Waals surface area contributed by atoms with Crippen LogP contribution in [0.5, 0.6) is 0 Å². The SMILES string of the molecule is CO[C@@H]1CN[C@H](C(=O)O)[C@H]1C. The van der Waals surface area contributed by atoms with E-state index in [4.69, 9.17) is 9.84 Å². The molecule has 1 fully saturated rings. The number of rotatable bonds is 2. The van der Waals surface area contributed by atoms with Crippen molar-refractivity contribution in [2.45, 2.75) is 19.1 Å². The molecule has 4 nitrogen and oxygen atoms in total. The Morgan fingerprint density at radius 1 is 1.73 bits per heavy atom. The molecule has 11 heavy (non-hydrogen) atoms. The van der Waals surface area contributed by atoms with Crippen molar-refractivity contribution in [2.24, 2.45) is 5.92 Å². The first kappa shape index (κ1) is 8.49. The van der Waals surface area contributed by atoms with Crippen LogP contribution in [0.25, 0.3) is 0 Å². The highest BCUT2D eigenvalue weighted by atomic mass is 16.5. The van der Waals surface area contributed by atoms with Crippen molar-refractivity contribution >= 4 is 5.97 Å². The largest absolute Gasteiger partial charge is 0.480 e. The third-order valence-electron chi connectivity index (χ3n) is 2.22. The van der Waals surface area contributed by atoms with Crippen molar-refractivity contribution in [2.75, 3.05) is 13.7 Å². The molecule has 1 rings (SSSR count). The molecular formula is C7H13NO3. The minimum absolute atomic E-state index is 0.0381. The molecule has 0 amide bonds. The van der Waals surface area contributed by atoms with Crippen LogP contribution in [0, 0.1) is 5.92 Å². The number of hydrogen-bond donors (Lipinski definition) is 2. The molecule has 0 aromatic rings. The van der Waals surface area contributed by atoms with Gasteiger partial charge in [-0.1, -0.05) is 6.92 Å². The summed E-state index contributed by atoms with van der Waals surface area (Å²) in [5.41, 5.74) is 0. The summed E-state index contributed by atoms with van der Waals surface area (Å²) in [6, 6.07) is -0.444. The van der Waals surface area contributed by atoms with Gasteiger partial charge in [-0.15, -0.1) is 0 Å². The first-order chi connectivity index (χ1) is 5.16. The molecule has 1 saturated heterocycles. The number of carboxylic acid groups (broad SMARTS) is 1. The topological polar surface area (TPSA) is 58.6 Å². The van der Waals surface area contributed by atoms with Crippen molar-refractivity contribution in [3.05, 3.63) is 0 Å². The van der Waals surface area contributed by atoms with Crippen LogP contribution in [-0.4, -0.2) is 36.9 Å². The maximum absolute atomic E-state index is 10.6. The van der Waals surface area contributed by atoms with Gasteiger partial charge in [-0.25, -0.2) is 0 Å². The van der Waals surface area contributed by atoms with Crippen molar-refractivity contribution in [3.63, 3.8) is 0 Å². The fraction of sp³-hybridized carbons (Fsp3) is 0.857. The van der Waals surface area contributed by atoms with Gasteiger partial charge in [0.25, 0.3) is 0 Å². The zero-order valence-corrected chi connectivity index (χ0v) is 6.70. The minimum atomic E-state index is -0.794. The molecular weight excluding hydrogens is 146 g/mol. The molecule has 3 atom stereocenters. The van der Waals surface area contributed by atoms with E-state index in [2.05, 4.69) is 5.32 Å². The lowest BCUT2D eigenvalue weighted by Gasteiger charge is -2.14. The molecule has 2 N–H and O–H groups in total. The van der Waals surface area contributed by atoms with Gasteiger partial charge in [0, 0.05) is 19.6 Å². The van der Waals surface area contributed by atoms with Crippen LogP contribution in [0.3, 0.4) is 0 Å². The van der Waals surface area contributed by atoms with E-state index in [1.807, 2.05) is 6.92 Å². The van der Waals surface area contributed by atoms with Gasteiger partial charge < -0.3 is 15.2 Å². The molecule has 0 spiro atoms. The van der Waals surface area contributed by atoms with E-state index in [1.54, 1.807) is 7.11 Å².